The van der Waals surface area contributed by atoms with Crippen molar-refractivity contribution in [2.45, 2.75) is 26.9 Å². The molecule has 3 rings (SSSR count). The Hall–Kier alpha value is -3.35. The van der Waals surface area contributed by atoms with Gasteiger partial charge >= 0.3 is 0 Å². The third kappa shape index (κ3) is 3.94. The van der Waals surface area contributed by atoms with Gasteiger partial charge in [-0.1, -0.05) is 24.8 Å². The quantitative estimate of drug-likeness (QED) is 0.735. The predicted octanol–water partition coefficient (Wildman–Crippen LogP) is 2.79. The van der Waals surface area contributed by atoms with Gasteiger partial charge in [-0.05, 0) is 25.5 Å². The highest BCUT2D eigenvalue weighted by molar-refractivity contribution is 5.96. The highest BCUT2D eigenvalue weighted by Crippen LogP contribution is 2.23. The van der Waals surface area contributed by atoms with Crippen LogP contribution in [0.4, 0.5) is 4.39 Å². The van der Waals surface area contributed by atoms with Crippen LogP contribution in [0.2, 0.25) is 0 Å². The van der Waals surface area contributed by atoms with E-state index in [-0.39, 0.29) is 29.5 Å². The Morgan fingerprint density at radius 1 is 1.34 bits per heavy atom. The van der Waals surface area contributed by atoms with Crippen LogP contribution in [0.1, 0.15) is 34.1 Å². The molecule has 0 aliphatic carbocycles. The molecule has 1 aliphatic heterocycles. The second-order valence-electron chi connectivity index (χ2n) is 6.93. The van der Waals surface area contributed by atoms with Crippen LogP contribution < -0.4 is 10.7 Å². The largest absolute Gasteiger partial charge is 0.503 e. The summed E-state index contributed by atoms with van der Waals surface area (Å²) in [7, 11) is 0. The number of amides is 1. The first-order valence-corrected chi connectivity index (χ1v) is 9.44. The summed E-state index contributed by atoms with van der Waals surface area (Å²) in [6.07, 6.45) is 4.59. The first-order valence-electron chi connectivity index (χ1n) is 9.44. The molecule has 1 aliphatic rings. The van der Waals surface area contributed by atoms with Gasteiger partial charge in [-0.2, -0.15) is 0 Å². The lowest BCUT2D eigenvalue weighted by Gasteiger charge is -2.29. The van der Waals surface area contributed by atoms with Gasteiger partial charge in [0.15, 0.2) is 11.4 Å². The SMILES string of the molecule is C=C/C(=C\NCc1ccc(C)cc1F)c1cn2c(c(O)c1=O)C(=O)N(CC)CC2. The maximum atomic E-state index is 14.0. The molecular weight excluding hydrogens is 373 g/mol. The van der Waals surface area contributed by atoms with Gasteiger partial charge < -0.3 is 19.9 Å². The molecule has 29 heavy (non-hydrogen) atoms. The molecule has 6 nitrogen and oxygen atoms in total. The number of likely N-dealkylation sites (N-methyl/N-ethyl adjacent to an activating group) is 1. The summed E-state index contributed by atoms with van der Waals surface area (Å²) in [6, 6.07) is 4.98. The van der Waals surface area contributed by atoms with E-state index < -0.39 is 11.2 Å². The number of benzene rings is 1. The summed E-state index contributed by atoms with van der Waals surface area (Å²) in [4.78, 5) is 26.8. The number of aromatic nitrogens is 1. The molecule has 2 N–H and O–H groups in total. The van der Waals surface area contributed by atoms with Crippen LogP contribution in [0.5, 0.6) is 5.75 Å². The maximum absolute atomic E-state index is 14.0. The van der Waals surface area contributed by atoms with Gasteiger partial charge in [-0.3, -0.25) is 9.59 Å². The van der Waals surface area contributed by atoms with Gasteiger partial charge in [0.1, 0.15) is 5.82 Å². The molecule has 2 heterocycles. The Kier molecular flexibility index (Phi) is 5.87. The van der Waals surface area contributed by atoms with E-state index >= 15 is 0 Å². The lowest BCUT2D eigenvalue weighted by molar-refractivity contribution is 0.0707. The minimum Gasteiger partial charge on any atom is -0.503 e. The van der Waals surface area contributed by atoms with E-state index in [0.717, 1.165) is 5.56 Å². The van der Waals surface area contributed by atoms with Crippen molar-refractivity contribution >= 4 is 11.5 Å². The molecule has 2 aromatic rings. The van der Waals surface area contributed by atoms with E-state index in [4.69, 9.17) is 0 Å². The standard InChI is InChI=1S/C22H24FN3O3/c1-4-15(11-24-12-16-7-6-14(3)10-18(16)23)17-13-26-9-8-25(5-2)22(29)19(26)21(28)20(17)27/h4,6-7,10-11,13,24,28H,1,5,8-9,12H2,2-3H3/b15-11+. The molecule has 0 bridgehead atoms. The van der Waals surface area contributed by atoms with E-state index in [9.17, 15) is 19.1 Å². The van der Waals surface area contributed by atoms with Crippen LogP contribution in [0.15, 0.2) is 48.0 Å². The number of carbonyl (C=O) groups excluding carboxylic acids is 1. The van der Waals surface area contributed by atoms with Crippen molar-refractivity contribution in [3.8, 4) is 5.75 Å². The van der Waals surface area contributed by atoms with E-state index in [2.05, 4.69) is 11.9 Å². The molecule has 0 unspecified atom stereocenters. The molecule has 1 aromatic carbocycles. The minimum atomic E-state index is -0.642. The van der Waals surface area contributed by atoms with E-state index in [1.165, 1.54) is 12.1 Å². The average Bonchev–Trinajstić information content (AvgIpc) is 2.70. The van der Waals surface area contributed by atoms with Crippen molar-refractivity contribution in [1.82, 2.24) is 14.8 Å². The van der Waals surface area contributed by atoms with Gasteiger partial charge in [0.25, 0.3) is 5.91 Å². The summed E-state index contributed by atoms with van der Waals surface area (Å²) in [6.45, 7) is 9.10. The number of nitrogens with zero attached hydrogens (tertiary/aromatic N) is 2. The zero-order valence-electron chi connectivity index (χ0n) is 16.5. The van der Waals surface area contributed by atoms with Crippen molar-refractivity contribution < 1.29 is 14.3 Å². The van der Waals surface area contributed by atoms with Crippen molar-refractivity contribution in [2.75, 3.05) is 13.1 Å². The molecule has 0 spiro atoms. The highest BCUT2D eigenvalue weighted by atomic mass is 19.1. The Balaban J connectivity index is 1.91. The number of pyridine rings is 1. The molecule has 0 fully saturated rings. The number of hydrogen-bond acceptors (Lipinski definition) is 4. The van der Waals surface area contributed by atoms with Crippen molar-refractivity contribution in [1.29, 1.82) is 0 Å². The molecular formula is C22H24FN3O3. The average molecular weight is 397 g/mol. The second kappa shape index (κ2) is 8.34. The monoisotopic (exact) mass is 397 g/mol. The minimum absolute atomic E-state index is 0.00458. The van der Waals surface area contributed by atoms with Gasteiger partial charge in [0, 0.05) is 49.7 Å². The molecule has 1 amide bonds. The van der Waals surface area contributed by atoms with Crippen molar-refractivity contribution in [3.05, 3.63) is 81.7 Å². The Morgan fingerprint density at radius 2 is 2.10 bits per heavy atom. The summed E-state index contributed by atoms with van der Waals surface area (Å²) in [5, 5.41) is 13.4. The molecule has 1 aromatic heterocycles. The molecule has 0 radical (unpaired) electrons. The van der Waals surface area contributed by atoms with E-state index in [1.807, 2.05) is 19.9 Å². The Bertz CT molecular complexity index is 1060. The number of rotatable bonds is 6. The second-order valence-corrected chi connectivity index (χ2v) is 6.93. The van der Waals surface area contributed by atoms with Gasteiger partial charge in [0.2, 0.25) is 5.43 Å². The van der Waals surface area contributed by atoms with Gasteiger partial charge in [0.05, 0.1) is 5.56 Å². The number of carbonyl (C=O) groups is 1. The van der Waals surface area contributed by atoms with Crippen LogP contribution in [-0.4, -0.2) is 33.6 Å². The van der Waals surface area contributed by atoms with Crippen LogP contribution in [0.3, 0.4) is 0 Å². The molecule has 0 saturated heterocycles. The fourth-order valence-corrected chi connectivity index (χ4v) is 3.35. The number of allylic oxidation sites excluding steroid dienone is 2. The first-order chi connectivity index (χ1) is 13.9. The van der Waals surface area contributed by atoms with Crippen LogP contribution in [0.25, 0.3) is 5.57 Å². The molecule has 152 valence electrons. The first kappa shape index (κ1) is 20.4. The fourth-order valence-electron chi connectivity index (χ4n) is 3.35. The molecule has 0 atom stereocenters. The fraction of sp³-hybridized carbons (Fsp3) is 0.273. The zero-order valence-corrected chi connectivity index (χ0v) is 16.5. The highest BCUT2D eigenvalue weighted by Gasteiger charge is 2.28. The Morgan fingerprint density at radius 3 is 2.76 bits per heavy atom. The number of hydrogen-bond donors (Lipinski definition) is 2. The number of fused-ring (bicyclic) bond motifs is 1. The van der Waals surface area contributed by atoms with Crippen molar-refractivity contribution in [2.24, 2.45) is 0 Å². The van der Waals surface area contributed by atoms with Gasteiger partial charge in [-0.25, -0.2) is 4.39 Å². The Labute approximate surface area is 168 Å². The van der Waals surface area contributed by atoms with E-state index in [1.54, 1.807) is 27.9 Å². The van der Waals surface area contributed by atoms with Crippen LogP contribution in [-0.2, 0) is 13.1 Å². The summed E-state index contributed by atoms with van der Waals surface area (Å²) in [5.41, 5.74) is 1.35. The maximum Gasteiger partial charge on any atom is 0.274 e. The summed E-state index contributed by atoms with van der Waals surface area (Å²) < 4.78 is 15.6. The molecule has 0 saturated carbocycles. The lowest BCUT2D eigenvalue weighted by Crippen LogP contribution is -2.41. The molecule has 7 heteroatoms. The number of nitrogens with one attached hydrogen (secondary N) is 1. The van der Waals surface area contributed by atoms with Crippen molar-refractivity contribution in [3.63, 3.8) is 0 Å². The summed E-state index contributed by atoms with van der Waals surface area (Å²) >= 11 is 0. The third-order valence-electron chi connectivity index (χ3n) is 5.03. The van der Waals surface area contributed by atoms with Gasteiger partial charge in [-0.15, -0.1) is 0 Å². The number of aromatic hydroxyl groups is 1. The third-order valence-corrected chi connectivity index (χ3v) is 5.03. The predicted molar refractivity (Wildman–Crippen MR) is 110 cm³/mol. The number of aryl methyl sites for hydroxylation is 1. The lowest BCUT2D eigenvalue weighted by atomic mass is 10.1. The summed E-state index contributed by atoms with van der Waals surface area (Å²) in [5.74, 6) is -1.24. The number of halogens is 1. The zero-order chi connectivity index (χ0) is 21.1. The van der Waals surface area contributed by atoms with Crippen LogP contribution in [0, 0.1) is 12.7 Å². The normalized spacial score (nSPS) is 14.0. The van der Waals surface area contributed by atoms with E-state index in [0.29, 0.717) is 30.8 Å². The smallest absolute Gasteiger partial charge is 0.274 e. The topological polar surface area (TPSA) is 74.6 Å². The van der Waals surface area contributed by atoms with Crippen LogP contribution >= 0.6 is 0 Å².